The second-order valence-corrected chi connectivity index (χ2v) is 3.99. The molecule has 0 fully saturated rings. The maximum absolute atomic E-state index is 11.7. The molecule has 1 atom stereocenters. The summed E-state index contributed by atoms with van der Waals surface area (Å²) in [6, 6.07) is 5.02. The van der Waals surface area contributed by atoms with Crippen LogP contribution in [0.2, 0.25) is 0 Å². The Morgan fingerprint density at radius 3 is 2.79 bits per heavy atom. The Hall–Kier alpha value is -2.24. The van der Waals surface area contributed by atoms with E-state index < -0.39 is 12.1 Å². The molecule has 0 N–H and O–H groups in total. The summed E-state index contributed by atoms with van der Waals surface area (Å²) in [5, 5.41) is 0. The molecule has 0 aliphatic carbocycles. The van der Waals surface area contributed by atoms with Crippen LogP contribution in [-0.4, -0.2) is 31.8 Å². The van der Waals surface area contributed by atoms with E-state index in [0.29, 0.717) is 17.2 Å². The van der Waals surface area contributed by atoms with Crippen molar-refractivity contribution < 1.29 is 28.5 Å². The summed E-state index contributed by atoms with van der Waals surface area (Å²) < 4.78 is 20.3. The van der Waals surface area contributed by atoms with Gasteiger partial charge in [0.15, 0.2) is 23.4 Å². The van der Waals surface area contributed by atoms with Crippen LogP contribution in [0.3, 0.4) is 0 Å². The van der Waals surface area contributed by atoms with Crippen molar-refractivity contribution >= 4 is 11.8 Å². The Bertz CT molecular complexity index is 496. The van der Waals surface area contributed by atoms with E-state index in [4.69, 9.17) is 14.2 Å². The van der Waals surface area contributed by atoms with Crippen LogP contribution in [0.1, 0.15) is 13.3 Å². The number of methoxy groups -OCH3 is 1. The number of fused-ring (bicyclic) bond motifs is 1. The van der Waals surface area contributed by atoms with Gasteiger partial charge >= 0.3 is 5.97 Å². The maximum Gasteiger partial charge on any atom is 0.313 e. The molecule has 102 valence electrons. The number of carbonyl (C=O) groups excluding carboxylic acids is 2. The van der Waals surface area contributed by atoms with Crippen LogP contribution in [0.15, 0.2) is 18.2 Å². The molecule has 19 heavy (non-hydrogen) atoms. The molecule has 1 aromatic rings. The minimum Gasteiger partial charge on any atom is -0.483 e. The van der Waals surface area contributed by atoms with Crippen LogP contribution in [0.5, 0.6) is 17.2 Å². The molecule has 1 aliphatic rings. The number of ketones is 1. The monoisotopic (exact) mass is 266 g/mol. The van der Waals surface area contributed by atoms with E-state index in [-0.39, 0.29) is 19.0 Å². The predicted molar refractivity (Wildman–Crippen MR) is 64.3 cm³/mol. The summed E-state index contributed by atoms with van der Waals surface area (Å²) in [5.41, 5.74) is 0. The second-order valence-electron chi connectivity index (χ2n) is 3.99. The largest absolute Gasteiger partial charge is 0.483 e. The Kier molecular flexibility index (Phi) is 3.89. The van der Waals surface area contributed by atoms with Crippen LogP contribution < -0.4 is 14.2 Å². The molecule has 0 spiro atoms. The molecule has 1 aliphatic heterocycles. The summed E-state index contributed by atoms with van der Waals surface area (Å²) in [4.78, 5) is 22.7. The van der Waals surface area contributed by atoms with E-state index in [1.54, 1.807) is 25.1 Å². The first-order valence-electron chi connectivity index (χ1n) is 5.76. The molecule has 0 saturated heterocycles. The summed E-state index contributed by atoms with van der Waals surface area (Å²) in [5.74, 6) is 0.775. The first kappa shape index (κ1) is 13.2. The first-order chi connectivity index (χ1) is 9.10. The minimum absolute atomic E-state index is 0.176. The third-order valence-corrected chi connectivity index (χ3v) is 2.66. The molecule has 2 rings (SSSR count). The molecule has 0 bridgehead atoms. The zero-order valence-corrected chi connectivity index (χ0v) is 10.7. The third kappa shape index (κ3) is 3.15. The molecule has 0 radical (unpaired) electrons. The molecule has 0 aromatic heterocycles. The predicted octanol–water partition coefficient (Wildman–Crippen LogP) is 1.31. The van der Waals surface area contributed by atoms with Gasteiger partial charge in [-0.15, -0.1) is 0 Å². The van der Waals surface area contributed by atoms with Crippen molar-refractivity contribution in [2.45, 2.75) is 19.4 Å². The summed E-state index contributed by atoms with van der Waals surface area (Å²) in [6.07, 6.45) is -1.04. The highest BCUT2D eigenvalue weighted by atomic mass is 16.7. The van der Waals surface area contributed by atoms with Crippen LogP contribution >= 0.6 is 0 Å². The van der Waals surface area contributed by atoms with Crippen molar-refractivity contribution in [3.63, 3.8) is 0 Å². The molecule has 6 heteroatoms. The number of rotatable bonds is 5. The lowest BCUT2D eigenvalue weighted by Gasteiger charge is -2.13. The van der Waals surface area contributed by atoms with Crippen LogP contribution in [0, 0.1) is 0 Å². The molecular formula is C13H14O6. The van der Waals surface area contributed by atoms with Crippen molar-refractivity contribution in [3.05, 3.63) is 18.2 Å². The van der Waals surface area contributed by atoms with E-state index in [1.165, 1.54) is 7.11 Å². The summed E-state index contributed by atoms with van der Waals surface area (Å²) in [7, 11) is 1.24. The van der Waals surface area contributed by atoms with Gasteiger partial charge in [-0.3, -0.25) is 9.59 Å². The number of hydrogen-bond donors (Lipinski definition) is 0. The van der Waals surface area contributed by atoms with Gasteiger partial charge in [-0.2, -0.15) is 0 Å². The Labute approximate surface area is 110 Å². The van der Waals surface area contributed by atoms with Gasteiger partial charge in [0.2, 0.25) is 6.79 Å². The van der Waals surface area contributed by atoms with Gasteiger partial charge in [-0.05, 0) is 19.1 Å². The molecule has 0 unspecified atom stereocenters. The van der Waals surface area contributed by atoms with Gasteiger partial charge in [-0.1, -0.05) is 0 Å². The lowest BCUT2D eigenvalue weighted by atomic mass is 10.2. The summed E-state index contributed by atoms with van der Waals surface area (Å²) in [6.45, 7) is 1.76. The molecule has 6 nitrogen and oxygen atoms in total. The van der Waals surface area contributed by atoms with E-state index in [0.717, 1.165) is 0 Å². The Morgan fingerprint density at radius 2 is 2.05 bits per heavy atom. The van der Waals surface area contributed by atoms with Gasteiger partial charge in [0.25, 0.3) is 0 Å². The normalized spacial score (nSPS) is 13.8. The third-order valence-electron chi connectivity index (χ3n) is 2.66. The highest BCUT2D eigenvalue weighted by Gasteiger charge is 2.20. The average molecular weight is 266 g/mol. The van der Waals surface area contributed by atoms with Gasteiger partial charge in [0, 0.05) is 6.07 Å². The zero-order valence-electron chi connectivity index (χ0n) is 10.7. The SMILES string of the molecule is COC(=O)CC(=O)[C@H](C)Oc1ccc2c(c1)OCO2. The smallest absolute Gasteiger partial charge is 0.313 e. The molecule has 0 amide bonds. The second kappa shape index (κ2) is 5.60. The summed E-state index contributed by atoms with van der Waals surface area (Å²) >= 11 is 0. The minimum atomic E-state index is -0.737. The lowest BCUT2D eigenvalue weighted by Crippen LogP contribution is -2.26. The van der Waals surface area contributed by atoms with Crippen molar-refractivity contribution in [2.75, 3.05) is 13.9 Å². The van der Waals surface area contributed by atoms with Crippen molar-refractivity contribution in [3.8, 4) is 17.2 Å². The quantitative estimate of drug-likeness (QED) is 0.591. The number of ether oxygens (including phenoxy) is 4. The van der Waals surface area contributed by atoms with Gasteiger partial charge in [0.1, 0.15) is 12.2 Å². The van der Waals surface area contributed by atoms with E-state index >= 15 is 0 Å². The average Bonchev–Trinajstić information content (AvgIpc) is 2.85. The standard InChI is InChI=1S/C13H14O6/c1-8(10(14)6-13(15)16-2)19-9-3-4-11-12(5-9)18-7-17-11/h3-5,8H,6-7H2,1-2H3/t8-/m0/s1. The van der Waals surface area contributed by atoms with Crippen LogP contribution in [0.4, 0.5) is 0 Å². The van der Waals surface area contributed by atoms with Crippen molar-refractivity contribution in [1.29, 1.82) is 0 Å². The highest BCUT2D eigenvalue weighted by molar-refractivity contribution is 5.97. The highest BCUT2D eigenvalue weighted by Crippen LogP contribution is 2.35. The number of benzene rings is 1. The number of carbonyl (C=O) groups is 2. The molecule has 0 saturated carbocycles. The topological polar surface area (TPSA) is 71.1 Å². The maximum atomic E-state index is 11.7. The fraction of sp³-hybridized carbons (Fsp3) is 0.385. The van der Waals surface area contributed by atoms with Gasteiger partial charge < -0.3 is 18.9 Å². The van der Waals surface area contributed by atoms with Gasteiger partial charge in [-0.25, -0.2) is 0 Å². The van der Waals surface area contributed by atoms with Crippen molar-refractivity contribution in [2.24, 2.45) is 0 Å². The zero-order chi connectivity index (χ0) is 13.8. The fourth-order valence-electron chi connectivity index (χ4n) is 1.58. The number of esters is 1. The first-order valence-corrected chi connectivity index (χ1v) is 5.76. The lowest BCUT2D eigenvalue weighted by molar-refractivity contribution is -0.144. The van der Waals surface area contributed by atoms with Crippen LogP contribution in [-0.2, 0) is 14.3 Å². The van der Waals surface area contributed by atoms with E-state index in [9.17, 15) is 9.59 Å². The number of Topliss-reactive ketones (excluding diaryl/α,β-unsaturated/α-hetero) is 1. The Balaban J connectivity index is 1.97. The Morgan fingerprint density at radius 1 is 1.32 bits per heavy atom. The molecule has 1 aromatic carbocycles. The number of hydrogen-bond acceptors (Lipinski definition) is 6. The van der Waals surface area contributed by atoms with Crippen LogP contribution in [0.25, 0.3) is 0 Å². The molecular weight excluding hydrogens is 252 g/mol. The fourth-order valence-corrected chi connectivity index (χ4v) is 1.58. The molecule has 1 heterocycles. The van der Waals surface area contributed by atoms with E-state index in [1.807, 2.05) is 0 Å². The van der Waals surface area contributed by atoms with E-state index in [2.05, 4.69) is 4.74 Å². The van der Waals surface area contributed by atoms with Gasteiger partial charge in [0.05, 0.1) is 7.11 Å². The van der Waals surface area contributed by atoms with Crippen molar-refractivity contribution in [1.82, 2.24) is 0 Å².